The Labute approximate surface area is 120 Å². The summed E-state index contributed by atoms with van der Waals surface area (Å²) in [4.78, 5) is 8.83. The number of nitrogens with one attached hydrogen (secondary N) is 1. The van der Waals surface area contributed by atoms with Gasteiger partial charge in [0.2, 0.25) is 0 Å². The van der Waals surface area contributed by atoms with Crippen LogP contribution in [0.5, 0.6) is 0 Å². The summed E-state index contributed by atoms with van der Waals surface area (Å²) >= 11 is 0. The highest BCUT2D eigenvalue weighted by molar-refractivity contribution is 5.60. The summed E-state index contributed by atoms with van der Waals surface area (Å²) in [5.74, 6) is 1.91. The molecule has 0 saturated carbocycles. The first kappa shape index (κ1) is 14.3. The second-order valence-corrected chi connectivity index (χ2v) is 5.74. The molecule has 4 nitrogen and oxygen atoms in total. The number of nitrogens with two attached hydrogens (primary N) is 1. The van der Waals surface area contributed by atoms with Crippen molar-refractivity contribution < 1.29 is 0 Å². The van der Waals surface area contributed by atoms with Crippen molar-refractivity contribution in [3.05, 3.63) is 36.4 Å². The molecule has 0 aliphatic heterocycles. The van der Waals surface area contributed by atoms with E-state index in [9.17, 15) is 0 Å². The predicted octanol–water partition coefficient (Wildman–Crippen LogP) is 3.57. The third-order valence-corrected chi connectivity index (χ3v) is 3.48. The van der Waals surface area contributed by atoms with E-state index in [1.54, 1.807) is 6.07 Å². The van der Waals surface area contributed by atoms with Gasteiger partial charge in [0.05, 0.1) is 0 Å². The lowest BCUT2D eigenvalue weighted by molar-refractivity contribution is 0.376. The van der Waals surface area contributed by atoms with Crippen LogP contribution in [-0.4, -0.2) is 16.5 Å². The van der Waals surface area contributed by atoms with Crippen LogP contribution in [0.25, 0.3) is 11.4 Å². The summed E-state index contributed by atoms with van der Waals surface area (Å²) in [7, 11) is 0. The highest BCUT2D eigenvalue weighted by Gasteiger charge is 2.15. The van der Waals surface area contributed by atoms with Gasteiger partial charge in [0.1, 0.15) is 11.6 Å². The quantitative estimate of drug-likeness (QED) is 0.871. The molecule has 1 aromatic carbocycles. The smallest absolute Gasteiger partial charge is 0.163 e. The predicted molar refractivity (Wildman–Crippen MR) is 84.4 cm³/mol. The van der Waals surface area contributed by atoms with E-state index in [4.69, 9.17) is 5.73 Å². The number of hydrogen-bond donors (Lipinski definition) is 2. The van der Waals surface area contributed by atoms with Crippen molar-refractivity contribution in [3.8, 4) is 11.4 Å². The van der Waals surface area contributed by atoms with E-state index >= 15 is 0 Å². The maximum Gasteiger partial charge on any atom is 0.163 e. The third kappa shape index (κ3) is 3.70. The topological polar surface area (TPSA) is 63.8 Å². The van der Waals surface area contributed by atoms with Crippen LogP contribution in [0.15, 0.2) is 36.4 Å². The molecule has 0 aliphatic rings. The number of nitrogens with zero attached hydrogens (tertiary/aromatic N) is 2. The highest BCUT2D eigenvalue weighted by Crippen LogP contribution is 2.22. The van der Waals surface area contributed by atoms with E-state index in [0.29, 0.717) is 11.6 Å². The van der Waals surface area contributed by atoms with Gasteiger partial charge in [0.25, 0.3) is 0 Å². The molecule has 0 unspecified atom stereocenters. The Balaban J connectivity index is 2.21. The summed E-state index contributed by atoms with van der Waals surface area (Å²) in [6.07, 6.45) is 1.10. The van der Waals surface area contributed by atoms with Gasteiger partial charge < -0.3 is 11.1 Å². The fourth-order valence-electron chi connectivity index (χ4n) is 1.73. The fraction of sp³-hybridized carbons (Fsp3) is 0.375. The maximum absolute atomic E-state index is 5.88. The molecule has 1 aromatic heterocycles. The van der Waals surface area contributed by atoms with Crippen LogP contribution < -0.4 is 11.1 Å². The number of anilines is 2. The molecular formula is C16H22N4. The van der Waals surface area contributed by atoms with Crippen molar-refractivity contribution in [2.45, 2.75) is 27.2 Å². The van der Waals surface area contributed by atoms with Crippen LogP contribution in [0.3, 0.4) is 0 Å². The molecule has 1 heterocycles. The molecule has 0 fully saturated rings. The third-order valence-electron chi connectivity index (χ3n) is 3.48. The van der Waals surface area contributed by atoms with Gasteiger partial charge in [-0.05, 0) is 11.8 Å². The Bertz CT molecular complexity index is 564. The lowest BCUT2D eigenvalue weighted by atomic mass is 9.90. The lowest BCUT2D eigenvalue weighted by Crippen LogP contribution is -2.22. The minimum absolute atomic E-state index is 0.229. The second-order valence-electron chi connectivity index (χ2n) is 5.74. The zero-order valence-electron chi connectivity index (χ0n) is 12.4. The van der Waals surface area contributed by atoms with E-state index in [1.165, 1.54) is 0 Å². The monoisotopic (exact) mass is 270 g/mol. The Hall–Kier alpha value is -2.10. The molecule has 0 aliphatic carbocycles. The molecule has 106 valence electrons. The zero-order valence-corrected chi connectivity index (χ0v) is 12.4. The van der Waals surface area contributed by atoms with Gasteiger partial charge in [-0.3, -0.25) is 0 Å². The summed E-state index contributed by atoms with van der Waals surface area (Å²) in [5, 5.41) is 3.36. The molecule has 4 heteroatoms. The summed E-state index contributed by atoms with van der Waals surface area (Å²) in [6, 6.07) is 11.6. The van der Waals surface area contributed by atoms with Crippen molar-refractivity contribution in [2.24, 2.45) is 5.41 Å². The average molecular weight is 270 g/mol. The van der Waals surface area contributed by atoms with Crippen LogP contribution in [0.2, 0.25) is 0 Å². The van der Waals surface area contributed by atoms with Gasteiger partial charge in [-0.1, -0.05) is 51.1 Å². The van der Waals surface area contributed by atoms with Crippen molar-refractivity contribution in [2.75, 3.05) is 17.6 Å². The van der Waals surface area contributed by atoms with E-state index < -0.39 is 0 Å². The van der Waals surface area contributed by atoms with E-state index in [0.717, 1.165) is 24.3 Å². The molecule has 0 radical (unpaired) electrons. The molecule has 2 aromatic rings. The zero-order chi connectivity index (χ0) is 14.6. The average Bonchev–Trinajstić information content (AvgIpc) is 2.46. The Morgan fingerprint density at radius 1 is 1.15 bits per heavy atom. The van der Waals surface area contributed by atoms with Crippen molar-refractivity contribution >= 4 is 11.6 Å². The first-order valence-electron chi connectivity index (χ1n) is 6.94. The molecule has 20 heavy (non-hydrogen) atoms. The first-order chi connectivity index (χ1) is 9.50. The van der Waals surface area contributed by atoms with Gasteiger partial charge >= 0.3 is 0 Å². The van der Waals surface area contributed by atoms with Crippen LogP contribution >= 0.6 is 0 Å². The van der Waals surface area contributed by atoms with Crippen LogP contribution in [0.4, 0.5) is 11.6 Å². The number of aromatic nitrogens is 2. The van der Waals surface area contributed by atoms with Gasteiger partial charge in [-0.25, -0.2) is 9.97 Å². The number of hydrogen-bond acceptors (Lipinski definition) is 4. The molecule has 0 bridgehead atoms. The first-order valence-corrected chi connectivity index (χ1v) is 6.94. The number of rotatable bonds is 5. The van der Waals surface area contributed by atoms with Crippen LogP contribution in [0, 0.1) is 5.41 Å². The maximum atomic E-state index is 5.88. The standard InChI is InChI=1S/C16H22N4/c1-4-16(2,3)11-18-14-10-13(17)19-15(20-14)12-8-6-5-7-9-12/h5-10H,4,11H2,1-3H3,(H3,17,18,19,20). The largest absolute Gasteiger partial charge is 0.384 e. The van der Waals surface area contributed by atoms with Gasteiger partial charge in [-0.2, -0.15) is 0 Å². The van der Waals surface area contributed by atoms with Crippen LogP contribution in [0.1, 0.15) is 27.2 Å². The molecule has 0 spiro atoms. The van der Waals surface area contributed by atoms with Crippen LogP contribution in [-0.2, 0) is 0 Å². The highest BCUT2D eigenvalue weighted by atomic mass is 15.1. The molecule has 2 rings (SSSR count). The van der Waals surface area contributed by atoms with Gasteiger partial charge in [0, 0.05) is 18.2 Å². The molecule has 0 amide bonds. The normalized spacial score (nSPS) is 11.3. The van der Waals surface area contributed by atoms with Crippen molar-refractivity contribution in [3.63, 3.8) is 0 Å². The van der Waals surface area contributed by atoms with E-state index in [2.05, 4.69) is 36.1 Å². The summed E-state index contributed by atoms with van der Waals surface area (Å²) in [6.45, 7) is 7.49. The molecular weight excluding hydrogens is 248 g/mol. The number of nitrogen functional groups attached to an aromatic ring is 1. The summed E-state index contributed by atoms with van der Waals surface area (Å²) in [5.41, 5.74) is 7.08. The Morgan fingerprint density at radius 3 is 2.50 bits per heavy atom. The molecule has 0 saturated heterocycles. The van der Waals surface area contributed by atoms with Gasteiger partial charge in [0.15, 0.2) is 5.82 Å². The Kier molecular flexibility index (Phi) is 4.23. The second kappa shape index (κ2) is 5.90. The van der Waals surface area contributed by atoms with Gasteiger partial charge in [-0.15, -0.1) is 0 Å². The number of benzene rings is 1. The van der Waals surface area contributed by atoms with E-state index in [1.807, 2.05) is 30.3 Å². The molecule has 0 atom stereocenters. The SMILES string of the molecule is CCC(C)(C)CNc1cc(N)nc(-c2ccccc2)n1. The fourth-order valence-corrected chi connectivity index (χ4v) is 1.73. The lowest BCUT2D eigenvalue weighted by Gasteiger charge is -2.23. The molecule has 3 N–H and O–H groups in total. The van der Waals surface area contributed by atoms with Crippen molar-refractivity contribution in [1.29, 1.82) is 0 Å². The van der Waals surface area contributed by atoms with E-state index in [-0.39, 0.29) is 5.41 Å². The van der Waals surface area contributed by atoms with Crippen molar-refractivity contribution in [1.82, 2.24) is 9.97 Å². The Morgan fingerprint density at radius 2 is 1.85 bits per heavy atom. The summed E-state index contributed by atoms with van der Waals surface area (Å²) < 4.78 is 0. The minimum atomic E-state index is 0.229. The minimum Gasteiger partial charge on any atom is -0.384 e.